The van der Waals surface area contributed by atoms with Gasteiger partial charge in [0.15, 0.2) is 0 Å². The molecule has 0 saturated heterocycles. The van der Waals surface area contributed by atoms with Crippen molar-refractivity contribution < 1.29 is 4.74 Å². The zero-order chi connectivity index (χ0) is 19.1. The molecule has 1 rings (SSSR count). The summed E-state index contributed by atoms with van der Waals surface area (Å²) in [6, 6.07) is 10.5. The van der Waals surface area contributed by atoms with Gasteiger partial charge in [0.25, 0.3) is 0 Å². The predicted molar refractivity (Wildman–Crippen MR) is 120 cm³/mol. The van der Waals surface area contributed by atoms with Gasteiger partial charge in [0.2, 0.25) is 0 Å². The van der Waals surface area contributed by atoms with E-state index in [0.717, 1.165) is 0 Å². The Bertz CT molecular complexity index is 447. The van der Waals surface area contributed by atoms with E-state index in [1.165, 1.54) is 48.5 Å². The van der Waals surface area contributed by atoms with Crippen LogP contribution in [-0.2, 0) is 11.3 Å². The Balaban J connectivity index is 2.58. The Kier molecular flexibility index (Phi) is 13.5. The number of unbranched alkanes of at least 4 members (excludes halogenated alkanes) is 3. The van der Waals surface area contributed by atoms with Gasteiger partial charge < -0.3 is 0 Å². The van der Waals surface area contributed by atoms with Crippen molar-refractivity contribution in [3.63, 3.8) is 0 Å². The molecule has 0 bridgehead atoms. The van der Waals surface area contributed by atoms with Crippen LogP contribution < -0.4 is 0 Å². The molecule has 1 nitrogen and oxygen atoms in total. The number of ether oxygens (including phenoxy) is 1. The van der Waals surface area contributed by atoms with Crippen LogP contribution in [0.1, 0.15) is 71.8 Å². The zero-order valence-electron chi connectivity index (χ0n) is 17.8. The molecule has 26 heavy (non-hydrogen) atoms. The average Bonchev–Trinajstić information content (AvgIpc) is 2.68. The number of hydrogen-bond acceptors (Lipinski definition) is 1. The van der Waals surface area contributed by atoms with Crippen LogP contribution >= 0.6 is 0 Å². The quantitative estimate of drug-likeness (QED) is 0.188. The molecule has 0 amide bonds. The summed E-state index contributed by atoms with van der Waals surface area (Å²) in [4.78, 5) is 0. The van der Waals surface area contributed by atoms with Crippen LogP contribution in [0.25, 0.3) is 0 Å². The van der Waals surface area contributed by atoms with E-state index >= 15 is 0 Å². The van der Waals surface area contributed by atoms with E-state index < -0.39 is 18.4 Å². The van der Waals surface area contributed by atoms with Gasteiger partial charge in [-0.2, -0.15) is 0 Å². The molecular formula is C24H42OSn. The van der Waals surface area contributed by atoms with Gasteiger partial charge in [0.05, 0.1) is 0 Å². The van der Waals surface area contributed by atoms with Crippen molar-refractivity contribution in [2.24, 2.45) is 0 Å². The Morgan fingerprint density at radius 3 is 1.92 bits per heavy atom. The zero-order valence-corrected chi connectivity index (χ0v) is 20.7. The second kappa shape index (κ2) is 14.7. The maximum atomic E-state index is 6.02. The third-order valence-corrected chi connectivity index (χ3v) is 20.7. The molecule has 148 valence electrons. The fourth-order valence-corrected chi connectivity index (χ4v) is 18.9. The van der Waals surface area contributed by atoms with Crippen molar-refractivity contribution in [3.05, 3.63) is 48.0 Å². The molecule has 0 saturated carbocycles. The van der Waals surface area contributed by atoms with E-state index in [9.17, 15) is 0 Å². The molecule has 0 spiro atoms. The summed E-state index contributed by atoms with van der Waals surface area (Å²) in [5.74, 6) is 0. The van der Waals surface area contributed by atoms with Gasteiger partial charge in [-0.1, -0.05) is 0 Å². The van der Waals surface area contributed by atoms with E-state index in [0.29, 0.717) is 6.61 Å². The van der Waals surface area contributed by atoms with Crippen molar-refractivity contribution in [2.75, 3.05) is 0 Å². The van der Waals surface area contributed by atoms with Crippen molar-refractivity contribution >= 4 is 18.4 Å². The summed E-state index contributed by atoms with van der Waals surface area (Å²) in [7, 11) is 0. The second-order valence-electron chi connectivity index (χ2n) is 7.94. The van der Waals surface area contributed by atoms with Crippen LogP contribution in [-0.4, -0.2) is 24.5 Å². The minimum absolute atomic E-state index is 0.211. The summed E-state index contributed by atoms with van der Waals surface area (Å²) in [5.41, 5.74) is 1.26. The van der Waals surface area contributed by atoms with Gasteiger partial charge in [-0.25, -0.2) is 0 Å². The standard InChI is InChI=1S/C12H15O.3C4H9.Sn/c1-3-7-11(2)13-10-12-8-5-4-6-9-12;3*1-3-4-2;/h3-9,11H,1,10H2,2H3;3*1,3-4H2,2H3;/b7-3+;;;;/t11-;;;;/m1..../s1. The maximum absolute atomic E-state index is 6.02. The van der Waals surface area contributed by atoms with Crippen molar-refractivity contribution in [2.45, 2.75) is 96.7 Å². The molecule has 0 N–H and O–H groups in total. The molecule has 1 aromatic rings. The normalized spacial score (nSPS) is 13.4. The second-order valence-corrected chi connectivity index (χ2v) is 22.0. The van der Waals surface area contributed by atoms with Crippen LogP contribution in [0.4, 0.5) is 0 Å². The first-order valence-corrected chi connectivity index (χ1v) is 19.0. The summed E-state index contributed by atoms with van der Waals surface area (Å²) >= 11 is -2.01. The molecule has 0 heterocycles. The van der Waals surface area contributed by atoms with Crippen LogP contribution in [0.15, 0.2) is 42.5 Å². The molecule has 0 radical (unpaired) electrons. The molecule has 1 aromatic carbocycles. The predicted octanol–water partition coefficient (Wildman–Crippen LogP) is 8.00. The first kappa shape index (κ1) is 23.8. The fraction of sp³-hybridized carbons (Fsp3) is 0.667. The van der Waals surface area contributed by atoms with Crippen molar-refractivity contribution in [1.82, 2.24) is 0 Å². The van der Waals surface area contributed by atoms with Gasteiger partial charge in [0, 0.05) is 0 Å². The summed E-state index contributed by atoms with van der Waals surface area (Å²) < 4.78 is 12.2. The Labute approximate surface area is 167 Å². The Hall–Kier alpha value is -0.281. The topological polar surface area (TPSA) is 9.23 Å². The Morgan fingerprint density at radius 1 is 0.885 bits per heavy atom. The van der Waals surface area contributed by atoms with Crippen molar-refractivity contribution in [1.29, 1.82) is 0 Å². The first-order valence-electron chi connectivity index (χ1n) is 11.0. The van der Waals surface area contributed by atoms with E-state index in [1.54, 1.807) is 13.3 Å². The monoisotopic (exact) mass is 466 g/mol. The number of rotatable bonds is 15. The summed E-state index contributed by atoms with van der Waals surface area (Å²) in [6.07, 6.45) is 13.5. The molecule has 0 aromatic heterocycles. The van der Waals surface area contributed by atoms with E-state index in [1.807, 2.05) is 0 Å². The number of benzene rings is 1. The number of hydrogen-bond donors (Lipinski definition) is 0. The molecular weight excluding hydrogens is 423 g/mol. The molecule has 2 heteroatoms. The summed E-state index contributed by atoms with van der Waals surface area (Å²) in [5, 5.41) is 0. The third kappa shape index (κ3) is 10.2. The van der Waals surface area contributed by atoms with Crippen LogP contribution in [0.5, 0.6) is 0 Å². The Morgan fingerprint density at radius 2 is 1.42 bits per heavy atom. The van der Waals surface area contributed by atoms with Gasteiger partial charge in [0.1, 0.15) is 0 Å². The summed E-state index contributed by atoms with van der Waals surface area (Å²) in [6.45, 7) is 9.95. The SMILES string of the molecule is CCC[CH2][Sn]([CH2]/C=C/[C@@H](C)OCc1ccccc1)([CH2]CCC)[CH2]CCC. The van der Waals surface area contributed by atoms with E-state index in [2.05, 4.69) is 70.2 Å². The van der Waals surface area contributed by atoms with Gasteiger partial charge in [-0.05, 0) is 0 Å². The average molecular weight is 465 g/mol. The minimum atomic E-state index is -2.01. The molecule has 0 aliphatic carbocycles. The molecule has 0 aliphatic heterocycles. The van der Waals surface area contributed by atoms with Crippen molar-refractivity contribution in [3.8, 4) is 0 Å². The molecule has 1 atom stereocenters. The fourth-order valence-electron chi connectivity index (χ4n) is 3.70. The van der Waals surface area contributed by atoms with Gasteiger partial charge >= 0.3 is 168 Å². The first-order chi connectivity index (χ1) is 12.7. The van der Waals surface area contributed by atoms with E-state index in [4.69, 9.17) is 4.74 Å². The van der Waals surface area contributed by atoms with E-state index in [-0.39, 0.29) is 6.10 Å². The van der Waals surface area contributed by atoms with Gasteiger partial charge in [-0.15, -0.1) is 0 Å². The van der Waals surface area contributed by atoms with Gasteiger partial charge in [-0.3, -0.25) is 0 Å². The number of allylic oxidation sites excluding steroid dienone is 1. The molecule has 0 unspecified atom stereocenters. The third-order valence-electron chi connectivity index (χ3n) is 5.50. The molecule has 0 fully saturated rings. The van der Waals surface area contributed by atoms with Crippen LogP contribution in [0.2, 0.25) is 17.7 Å². The molecule has 0 aliphatic rings. The van der Waals surface area contributed by atoms with Crippen LogP contribution in [0, 0.1) is 0 Å². The van der Waals surface area contributed by atoms with Crippen LogP contribution in [0.3, 0.4) is 0 Å².